The Morgan fingerprint density at radius 2 is 2.02 bits per heavy atom. The molecule has 222 valence electrons. The van der Waals surface area contributed by atoms with Crippen LogP contribution in [0.2, 0.25) is 5.02 Å². The lowest BCUT2D eigenvalue weighted by atomic mass is 10.0. The minimum atomic E-state index is -0.628. The average Bonchev–Trinajstić information content (AvgIpc) is 2.99. The van der Waals surface area contributed by atoms with Gasteiger partial charge < -0.3 is 21.2 Å². The lowest BCUT2D eigenvalue weighted by molar-refractivity contribution is -0.117. The first-order valence-corrected chi connectivity index (χ1v) is 13.6. The number of hydrogen-bond acceptors (Lipinski definition) is 8. The number of ether oxygens (including phenoxy) is 1. The molecule has 3 amide bonds. The second-order valence-electron chi connectivity index (χ2n) is 9.41. The van der Waals surface area contributed by atoms with Crippen LogP contribution in [0.1, 0.15) is 36.6 Å². The van der Waals surface area contributed by atoms with Gasteiger partial charge in [-0.15, -0.1) is 0 Å². The number of amides is 3. The summed E-state index contributed by atoms with van der Waals surface area (Å²) in [7, 11) is 1.27. The number of rotatable bonds is 6. The summed E-state index contributed by atoms with van der Waals surface area (Å²) in [5.41, 5.74) is 4.17. The lowest BCUT2D eigenvalue weighted by Gasteiger charge is -2.18. The number of benzene rings is 2. The predicted octanol–water partition coefficient (Wildman–Crippen LogP) is 4.71. The third-order valence-corrected chi connectivity index (χ3v) is 6.68. The van der Waals surface area contributed by atoms with Crippen molar-refractivity contribution in [3.8, 4) is 11.1 Å². The molecule has 1 aliphatic rings. The minimum absolute atomic E-state index is 0.182. The smallest absolute Gasteiger partial charge is 0.411 e. The van der Waals surface area contributed by atoms with Crippen LogP contribution in [-0.4, -0.2) is 36.3 Å². The monoisotopic (exact) mass is 602 g/mol. The molecule has 13 heteroatoms. The first-order valence-electron chi connectivity index (χ1n) is 13.2. The van der Waals surface area contributed by atoms with Gasteiger partial charge in [0, 0.05) is 40.5 Å². The number of pyridine rings is 1. The van der Waals surface area contributed by atoms with E-state index in [1.165, 1.54) is 24.5 Å². The van der Waals surface area contributed by atoms with Gasteiger partial charge in [-0.2, -0.15) is 5.10 Å². The van der Waals surface area contributed by atoms with Crippen molar-refractivity contribution in [1.29, 1.82) is 0 Å². The molecule has 0 spiro atoms. The number of nitrogens with two attached hydrogens (primary N) is 2. The van der Waals surface area contributed by atoms with Crippen molar-refractivity contribution >= 4 is 59.0 Å². The van der Waals surface area contributed by atoms with Crippen molar-refractivity contribution in [2.45, 2.75) is 25.3 Å². The fraction of sp³-hybridized carbons (Fsp3) is 0.167. The highest BCUT2D eigenvalue weighted by atomic mass is 35.5. The summed E-state index contributed by atoms with van der Waals surface area (Å²) in [6, 6.07) is 13.3. The molecule has 1 aromatic heterocycles. The molecule has 1 atom stereocenters. The van der Waals surface area contributed by atoms with Crippen LogP contribution in [0.3, 0.4) is 0 Å². The molecule has 2 bridgehead atoms. The third-order valence-electron chi connectivity index (χ3n) is 6.44. The number of carbonyl (C=O) groups is 3. The first kappa shape index (κ1) is 30.8. The number of nitrogens with one attached hydrogen (secondary N) is 3. The summed E-state index contributed by atoms with van der Waals surface area (Å²) in [5, 5.41) is 13.7. The molecule has 7 N–H and O–H groups in total. The number of hydrazone groups is 1. The molecule has 0 saturated heterocycles. The molecular weight excluding hydrogens is 572 g/mol. The Hall–Kier alpha value is -5.20. The molecule has 0 saturated carbocycles. The zero-order valence-electron chi connectivity index (χ0n) is 23.3. The van der Waals surface area contributed by atoms with Crippen molar-refractivity contribution in [1.82, 2.24) is 10.3 Å². The summed E-state index contributed by atoms with van der Waals surface area (Å²) in [4.78, 5) is 42.1. The van der Waals surface area contributed by atoms with Gasteiger partial charge in [0.25, 0.3) is 0 Å². The fourth-order valence-electron chi connectivity index (χ4n) is 4.40. The van der Waals surface area contributed by atoms with Crippen molar-refractivity contribution in [3.05, 3.63) is 89.2 Å². The van der Waals surface area contributed by atoms with Gasteiger partial charge in [-0.05, 0) is 66.9 Å². The second-order valence-corrected chi connectivity index (χ2v) is 9.85. The summed E-state index contributed by atoms with van der Waals surface area (Å²) in [5.74, 6) is 10.7. The zero-order chi connectivity index (χ0) is 30.8. The topological polar surface area (TPSA) is 177 Å². The molecule has 0 unspecified atom stereocenters. The molecule has 43 heavy (non-hydrogen) atoms. The standard InChI is InChI=1S/C30H31ClN8O4/c1-43-30(42)36-22-9-10-23-19-13-14-34-26(16-19)24(5-3-2-4-6-28(40)38-25(23)17-22)37-29(41)12-7-20-15-21(31)8-11-27(20)39(33)18-35-32/h2-3,7-18,24H,4-6,32-33H2,1H3,(H,36,42)(H,37,41)(H,38,40)/b3-2+,12-7+,35-18-/t24-/m0/s1. The second kappa shape index (κ2) is 14.6. The Labute approximate surface area is 253 Å². The lowest BCUT2D eigenvalue weighted by Crippen LogP contribution is -2.30. The number of aromatic nitrogens is 1. The van der Waals surface area contributed by atoms with E-state index in [-0.39, 0.29) is 18.2 Å². The maximum absolute atomic E-state index is 13.1. The zero-order valence-corrected chi connectivity index (χ0v) is 24.0. The molecule has 2 aromatic carbocycles. The maximum Gasteiger partial charge on any atom is 0.411 e. The predicted molar refractivity (Wildman–Crippen MR) is 168 cm³/mol. The first-order chi connectivity index (χ1) is 20.8. The summed E-state index contributed by atoms with van der Waals surface area (Å²) in [6.45, 7) is 0. The quantitative estimate of drug-likeness (QED) is 0.0672. The van der Waals surface area contributed by atoms with Crippen LogP contribution >= 0.6 is 11.6 Å². The van der Waals surface area contributed by atoms with Gasteiger partial charge in [-0.25, -0.2) is 10.6 Å². The van der Waals surface area contributed by atoms with Crippen LogP contribution in [0, 0.1) is 0 Å². The molecule has 0 fully saturated rings. The SMILES string of the molecule is COC(=O)Nc1ccc2c(c1)NC(=O)CC/C=C/C[C@H](NC(=O)/C=C/c1cc(Cl)ccc1N(N)/C=N\N)c1cc-2ccn1. The molecule has 12 nitrogen and oxygen atoms in total. The van der Waals surface area contributed by atoms with Crippen molar-refractivity contribution in [3.63, 3.8) is 0 Å². The van der Waals surface area contributed by atoms with Gasteiger partial charge in [-0.3, -0.25) is 24.9 Å². The average molecular weight is 603 g/mol. The van der Waals surface area contributed by atoms with E-state index in [1.807, 2.05) is 18.2 Å². The number of fused-ring (bicyclic) bond motifs is 4. The highest BCUT2D eigenvalue weighted by molar-refractivity contribution is 6.30. The van der Waals surface area contributed by atoms with E-state index >= 15 is 0 Å². The van der Waals surface area contributed by atoms with E-state index in [4.69, 9.17) is 23.3 Å². The van der Waals surface area contributed by atoms with Gasteiger partial charge in [0.2, 0.25) is 11.8 Å². The number of nitrogens with zero attached hydrogens (tertiary/aromatic N) is 3. The molecule has 2 heterocycles. The summed E-state index contributed by atoms with van der Waals surface area (Å²) < 4.78 is 4.68. The number of methoxy groups -OCH3 is 1. The number of anilines is 3. The van der Waals surface area contributed by atoms with Gasteiger partial charge in [-0.1, -0.05) is 29.8 Å². The molecule has 1 aliphatic heterocycles. The Bertz CT molecular complexity index is 1590. The van der Waals surface area contributed by atoms with E-state index < -0.39 is 12.1 Å². The number of allylic oxidation sites excluding steroid dienone is 1. The molecule has 4 rings (SSSR count). The number of halogens is 1. The minimum Gasteiger partial charge on any atom is -0.453 e. The Morgan fingerprint density at radius 1 is 1.19 bits per heavy atom. The van der Waals surface area contributed by atoms with Crippen LogP contribution < -0.4 is 32.6 Å². The van der Waals surface area contributed by atoms with Crippen molar-refractivity contribution in [2.24, 2.45) is 16.8 Å². The van der Waals surface area contributed by atoms with Gasteiger partial charge >= 0.3 is 6.09 Å². The van der Waals surface area contributed by atoms with Crippen LogP contribution in [0.15, 0.2) is 78.1 Å². The van der Waals surface area contributed by atoms with E-state index in [0.717, 1.165) is 5.56 Å². The van der Waals surface area contributed by atoms with Crippen LogP contribution in [0.5, 0.6) is 0 Å². The highest BCUT2D eigenvalue weighted by Crippen LogP contribution is 2.33. The largest absolute Gasteiger partial charge is 0.453 e. The number of carbonyl (C=O) groups excluding carboxylic acids is 3. The fourth-order valence-corrected chi connectivity index (χ4v) is 4.58. The Morgan fingerprint density at radius 3 is 2.81 bits per heavy atom. The van der Waals surface area contributed by atoms with E-state index in [9.17, 15) is 14.4 Å². The van der Waals surface area contributed by atoms with Crippen LogP contribution in [0.4, 0.5) is 21.9 Å². The summed E-state index contributed by atoms with van der Waals surface area (Å²) >= 11 is 6.17. The highest BCUT2D eigenvalue weighted by Gasteiger charge is 2.18. The van der Waals surface area contributed by atoms with Crippen molar-refractivity contribution in [2.75, 3.05) is 22.8 Å². The van der Waals surface area contributed by atoms with Crippen LogP contribution in [-0.2, 0) is 14.3 Å². The Kier molecular flexibility index (Phi) is 10.5. The van der Waals surface area contributed by atoms with E-state index in [2.05, 4.69) is 30.8 Å². The van der Waals surface area contributed by atoms with Gasteiger partial charge in [0.05, 0.1) is 30.2 Å². The van der Waals surface area contributed by atoms with Crippen LogP contribution in [0.25, 0.3) is 17.2 Å². The van der Waals surface area contributed by atoms with E-state index in [1.54, 1.807) is 54.7 Å². The van der Waals surface area contributed by atoms with Gasteiger partial charge in [0.15, 0.2) is 0 Å². The Balaban J connectivity index is 1.64. The molecule has 3 aromatic rings. The van der Waals surface area contributed by atoms with Gasteiger partial charge in [0.1, 0.15) is 6.34 Å². The summed E-state index contributed by atoms with van der Waals surface area (Å²) in [6.07, 6.45) is 10.2. The van der Waals surface area contributed by atoms with E-state index in [0.29, 0.717) is 51.7 Å². The normalized spacial score (nSPS) is 15.8. The molecule has 0 radical (unpaired) electrons. The third kappa shape index (κ3) is 8.41. The number of hydrazine groups is 1. The maximum atomic E-state index is 13.1. The molecular formula is C30H31ClN8O4. The number of hydrogen-bond donors (Lipinski definition) is 5. The van der Waals surface area contributed by atoms with Crippen molar-refractivity contribution < 1.29 is 19.1 Å². The molecule has 0 aliphatic carbocycles.